The molecule has 118 valence electrons. The van der Waals surface area contributed by atoms with E-state index in [0.717, 1.165) is 19.3 Å². The van der Waals surface area contributed by atoms with Gasteiger partial charge in [0.2, 0.25) is 5.91 Å². The van der Waals surface area contributed by atoms with E-state index >= 15 is 0 Å². The lowest BCUT2D eigenvalue weighted by Gasteiger charge is -2.26. The fourth-order valence-corrected chi connectivity index (χ4v) is 2.66. The number of amides is 1. The molecule has 2 N–H and O–H groups in total. The Morgan fingerprint density at radius 2 is 1.85 bits per heavy atom. The minimum Gasteiger partial charge on any atom is -0.342 e. The van der Waals surface area contributed by atoms with Gasteiger partial charge in [-0.3, -0.25) is 4.79 Å². The minimum absolute atomic E-state index is 0. The normalized spacial score (nSPS) is 26.2. The van der Waals surface area contributed by atoms with Crippen LogP contribution in [0.1, 0.15) is 38.5 Å². The van der Waals surface area contributed by atoms with Crippen molar-refractivity contribution in [1.29, 1.82) is 0 Å². The van der Waals surface area contributed by atoms with E-state index in [1.54, 1.807) is 0 Å². The number of rotatable bonds is 5. The average molecular weight is 315 g/mol. The first-order valence-corrected chi connectivity index (χ1v) is 6.96. The van der Waals surface area contributed by atoms with Crippen molar-refractivity contribution >= 4 is 18.3 Å². The Labute approximate surface area is 123 Å². The van der Waals surface area contributed by atoms with Crippen LogP contribution in [0.2, 0.25) is 0 Å². The summed E-state index contributed by atoms with van der Waals surface area (Å²) in [7, 11) is 0. The van der Waals surface area contributed by atoms with Crippen LogP contribution in [0.4, 0.5) is 13.2 Å². The van der Waals surface area contributed by atoms with Gasteiger partial charge in [0.1, 0.15) is 0 Å². The van der Waals surface area contributed by atoms with Crippen LogP contribution in [0.15, 0.2) is 0 Å². The second-order valence-corrected chi connectivity index (χ2v) is 5.86. The van der Waals surface area contributed by atoms with E-state index in [-0.39, 0.29) is 36.8 Å². The van der Waals surface area contributed by atoms with Crippen LogP contribution in [0.25, 0.3) is 0 Å². The number of carbonyl (C=O) groups is 1. The first kappa shape index (κ1) is 17.6. The molecule has 2 saturated carbocycles. The Hall–Kier alpha value is -0.490. The van der Waals surface area contributed by atoms with Crippen LogP contribution >= 0.6 is 12.4 Å². The van der Waals surface area contributed by atoms with Crippen LogP contribution in [0, 0.1) is 11.8 Å². The standard InChI is InChI=1S/C13H21F3N2O.ClH/c14-13(15,16)5-6-18(8-9-1-2-9)12(19)10-3-4-11(17)7-10;/h9-11H,1-8,17H2;1H. The number of halogens is 4. The second kappa shape index (κ2) is 6.98. The molecule has 0 spiro atoms. The molecule has 0 bridgehead atoms. The molecule has 2 rings (SSSR count). The van der Waals surface area contributed by atoms with Crippen molar-refractivity contribution < 1.29 is 18.0 Å². The summed E-state index contributed by atoms with van der Waals surface area (Å²) in [5, 5.41) is 0. The quantitative estimate of drug-likeness (QED) is 0.848. The van der Waals surface area contributed by atoms with E-state index in [1.165, 1.54) is 4.90 Å². The van der Waals surface area contributed by atoms with Gasteiger partial charge in [-0.05, 0) is 38.0 Å². The Morgan fingerprint density at radius 1 is 1.20 bits per heavy atom. The number of hydrogen-bond acceptors (Lipinski definition) is 2. The zero-order chi connectivity index (χ0) is 14.0. The number of carbonyl (C=O) groups excluding carboxylic acids is 1. The lowest BCUT2D eigenvalue weighted by Crippen LogP contribution is -2.39. The first-order chi connectivity index (χ1) is 8.85. The van der Waals surface area contributed by atoms with Gasteiger partial charge in [-0.25, -0.2) is 0 Å². The summed E-state index contributed by atoms with van der Waals surface area (Å²) in [5.74, 6) is 0.123. The highest BCUT2D eigenvalue weighted by Gasteiger charge is 2.36. The van der Waals surface area contributed by atoms with Crippen molar-refractivity contribution in [3.63, 3.8) is 0 Å². The van der Waals surface area contributed by atoms with Gasteiger partial charge in [-0.2, -0.15) is 13.2 Å². The zero-order valence-corrected chi connectivity index (χ0v) is 12.2. The molecule has 0 aromatic heterocycles. The Bertz CT molecular complexity index is 334. The smallest absolute Gasteiger partial charge is 0.342 e. The molecule has 2 atom stereocenters. The molecule has 20 heavy (non-hydrogen) atoms. The van der Waals surface area contributed by atoms with Crippen LogP contribution < -0.4 is 5.73 Å². The van der Waals surface area contributed by atoms with E-state index in [2.05, 4.69) is 0 Å². The molecule has 7 heteroatoms. The molecule has 0 radical (unpaired) electrons. The largest absolute Gasteiger partial charge is 0.390 e. The molecular weight excluding hydrogens is 293 g/mol. The van der Waals surface area contributed by atoms with Gasteiger partial charge in [-0.15, -0.1) is 12.4 Å². The third-order valence-corrected chi connectivity index (χ3v) is 3.97. The Balaban J connectivity index is 0.00000200. The monoisotopic (exact) mass is 314 g/mol. The van der Waals surface area contributed by atoms with E-state index in [4.69, 9.17) is 5.73 Å². The van der Waals surface area contributed by atoms with Gasteiger partial charge in [0, 0.05) is 25.0 Å². The number of nitrogens with two attached hydrogens (primary N) is 1. The molecule has 2 fully saturated rings. The fraction of sp³-hybridized carbons (Fsp3) is 0.923. The molecule has 2 aliphatic rings. The maximum Gasteiger partial charge on any atom is 0.390 e. The average Bonchev–Trinajstić information content (AvgIpc) is 3.02. The topological polar surface area (TPSA) is 46.3 Å². The number of nitrogens with zero attached hydrogens (tertiary/aromatic N) is 1. The predicted octanol–water partition coefficient (Wildman–Crippen LogP) is 2.73. The summed E-state index contributed by atoms with van der Waals surface area (Å²) in [4.78, 5) is 13.7. The third kappa shape index (κ3) is 5.48. The second-order valence-electron chi connectivity index (χ2n) is 5.86. The van der Waals surface area contributed by atoms with Gasteiger partial charge in [0.25, 0.3) is 0 Å². The molecule has 0 aromatic carbocycles. The summed E-state index contributed by atoms with van der Waals surface area (Å²) in [6, 6.07) is 0.0272. The Kier molecular flexibility index (Phi) is 6.13. The lowest BCUT2D eigenvalue weighted by atomic mass is 10.1. The van der Waals surface area contributed by atoms with Crippen LogP contribution in [-0.4, -0.2) is 36.1 Å². The van der Waals surface area contributed by atoms with E-state index < -0.39 is 12.6 Å². The van der Waals surface area contributed by atoms with Gasteiger partial charge in [0.15, 0.2) is 0 Å². The van der Waals surface area contributed by atoms with E-state index in [1.807, 2.05) is 0 Å². The summed E-state index contributed by atoms with van der Waals surface area (Å²) in [5.41, 5.74) is 5.77. The minimum atomic E-state index is -4.20. The summed E-state index contributed by atoms with van der Waals surface area (Å²) < 4.78 is 36.9. The van der Waals surface area contributed by atoms with Crippen LogP contribution in [0.3, 0.4) is 0 Å². The van der Waals surface area contributed by atoms with Crippen molar-refractivity contribution in [2.75, 3.05) is 13.1 Å². The predicted molar refractivity (Wildman–Crippen MR) is 72.5 cm³/mol. The molecule has 2 aliphatic carbocycles. The molecule has 1 amide bonds. The number of hydrogen-bond donors (Lipinski definition) is 1. The third-order valence-electron chi connectivity index (χ3n) is 3.97. The lowest BCUT2D eigenvalue weighted by molar-refractivity contribution is -0.147. The summed E-state index contributed by atoms with van der Waals surface area (Å²) >= 11 is 0. The van der Waals surface area contributed by atoms with E-state index in [0.29, 0.717) is 25.3 Å². The summed E-state index contributed by atoms with van der Waals surface area (Å²) in [6.45, 7) is 0.283. The molecule has 0 aromatic rings. The van der Waals surface area contributed by atoms with Gasteiger partial charge in [-0.1, -0.05) is 0 Å². The van der Waals surface area contributed by atoms with Crippen LogP contribution in [0.5, 0.6) is 0 Å². The van der Waals surface area contributed by atoms with Gasteiger partial charge in [0.05, 0.1) is 6.42 Å². The van der Waals surface area contributed by atoms with E-state index in [9.17, 15) is 18.0 Å². The van der Waals surface area contributed by atoms with Gasteiger partial charge < -0.3 is 10.6 Å². The maximum atomic E-state index is 12.3. The van der Waals surface area contributed by atoms with Crippen molar-refractivity contribution in [2.24, 2.45) is 17.6 Å². The van der Waals surface area contributed by atoms with Gasteiger partial charge >= 0.3 is 6.18 Å². The highest BCUT2D eigenvalue weighted by Crippen LogP contribution is 2.33. The maximum absolute atomic E-state index is 12.3. The molecule has 0 saturated heterocycles. The molecular formula is C13H22ClF3N2O. The molecule has 0 aliphatic heterocycles. The molecule has 2 unspecified atom stereocenters. The summed E-state index contributed by atoms with van der Waals surface area (Å²) in [6.07, 6.45) is -0.926. The first-order valence-electron chi connectivity index (χ1n) is 6.96. The molecule has 3 nitrogen and oxygen atoms in total. The fourth-order valence-electron chi connectivity index (χ4n) is 2.66. The SMILES string of the molecule is Cl.NC1CCC(C(=O)N(CCC(F)(F)F)CC2CC2)C1. The van der Waals surface area contributed by atoms with Crippen molar-refractivity contribution in [3.05, 3.63) is 0 Å². The van der Waals surface area contributed by atoms with Crippen LogP contribution in [-0.2, 0) is 4.79 Å². The highest BCUT2D eigenvalue weighted by molar-refractivity contribution is 5.85. The Morgan fingerprint density at radius 3 is 2.30 bits per heavy atom. The zero-order valence-electron chi connectivity index (χ0n) is 11.4. The highest BCUT2D eigenvalue weighted by atomic mass is 35.5. The van der Waals surface area contributed by atoms with Crippen molar-refractivity contribution in [1.82, 2.24) is 4.90 Å². The molecule has 0 heterocycles. The van der Waals surface area contributed by atoms with Crippen molar-refractivity contribution in [3.8, 4) is 0 Å². The van der Waals surface area contributed by atoms with Crippen molar-refractivity contribution in [2.45, 2.75) is 50.7 Å². The number of alkyl halides is 3.